The summed E-state index contributed by atoms with van der Waals surface area (Å²) in [7, 11) is 0. The minimum atomic E-state index is -0.212. The molecule has 0 radical (unpaired) electrons. The van der Waals surface area contributed by atoms with Gasteiger partial charge >= 0.3 is 0 Å². The van der Waals surface area contributed by atoms with E-state index in [0.717, 1.165) is 31.4 Å². The van der Waals surface area contributed by atoms with Crippen molar-refractivity contribution in [1.29, 1.82) is 0 Å². The molecule has 0 aliphatic carbocycles. The first kappa shape index (κ1) is 15.6. The standard InChI is InChI=1S/C18H13ClN2OS2/c1-9-7-8-10(2)15-14(9)20-18(24-15)21-17(22)16-13(19)11-5-3-4-6-12(11)23-16/h3-8H,1-2H3,(H,20,21,22). The molecule has 0 spiro atoms. The Bertz CT molecular complexity index is 1060. The first-order valence-electron chi connectivity index (χ1n) is 7.39. The van der Waals surface area contributed by atoms with Crippen LogP contribution in [0.1, 0.15) is 20.8 Å². The van der Waals surface area contributed by atoms with Crippen molar-refractivity contribution in [3.8, 4) is 0 Å². The number of thiazole rings is 1. The average Bonchev–Trinajstić information content (AvgIpc) is 3.14. The minimum Gasteiger partial charge on any atom is -0.297 e. The molecule has 4 aromatic rings. The first-order chi connectivity index (χ1) is 11.5. The van der Waals surface area contributed by atoms with Crippen LogP contribution in [0.4, 0.5) is 5.13 Å². The van der Waals surface area contributed by atoms with E-state index in [0.29, 0.717) is 15.0 Å². The molecule has 0 saturated heterocycles. The van der Waals surface area contributed by atoms with Crippen molar-refractivity contribution in [2.24, 2.45) is 0 Å². The highest BCUT2D eigenvalue weighted by Gasteiger charge is 2.18. The lowest BCUT2D eigenvalue weighted by Crippen LogP contribution is -2.10. The molecule has 2 aromatic carbocycles. The van der Waals surface area contributed by atoms with Crippen LogP contribution in [0.3, 0.4) is 0 Å². The fraction of sp³-hybridized carbons (Fsp3) is 0.111. The van der Waals surface area contributed by atoms with Crippen molar-refractivity contribution in [3.63, 3.8) is 0 Å². The van der Waals surface area contributed by atoms with Gasteiger partial charge in [0.05, 0.1) is 15.2 Å². The summed E-state index contributed by atoms with van der Waals surface area (Å²) in [6, 6.07) is 11.9. The van der Waals surface area contributed by atoms with Gasteiger partial charge in [-0.25, -0.2) is 4.98 Å². The zero-order chi connectivity index (χ0) is 16.8. The number of aryl methyl sites for hydroxylation is 2. The Hall–Kier alpha value is -1.95. The molecule has 0 bridgehead atoms. The summed E-state index contributed by atoms with van der Waals surface area (Å²) in [6.45, 7) is 4.07. The third kappa shape index (κ3) is 2.49. The molecule has 1 amide bonds. The summed E-state index contributed by atoms with van der Waals surface area (Å²) >= 11 is 9.27. The van der Waals surface area contributed by atoms with E-state index in [1.165, 1.54) is 22.7 Å². The van der Waals surface area contributed by atoms with E-state index in [-0.39, 0.29) is 5.91 Å². The van der Waals surface area contributed by atoms with Crippen LogP contribution in [0.2, 0.25) is 5.02 Å². The van der Waals surface area contributed by atoms with Crippen LogP contribution in [0.25, 0.3) is 20.3 Å². The topological polar surface area (TPSA) is 42.0 Å². The van der Waals surface area contributed by atoms with Crippen LogP contribution in [-0.2, 0) is 0 Å². The third-order valence-electron chi connectivity index (χ3n) is 3.90. The molecule has 0 saturated carbocycles. The van der Waals surface area contributed by atoms with Crippen molar-refractivity contribution in [2.45, 2.75) is 13.8 Å². The Morgan fingerprint density at radius 1 is 1.08 bits per heavy atom. The molecule has 24 heavy (non-hydrogen) atoms. The molecule has 0 aliphatic heterocycles. The van der Waals surface area contributed by atoms with Gasteiger partial charge in [-0.2, -0.15) is 0 Å². The number of rotatable bonds is 2. The van der Waals surface area contributed by atoms with Gasteiger partial charge < -0.3 is 0 Å². The number of carbonyl (C=O) groups is 1. The summed E-state index contributed by atoms with van der Waals surface area (Å²) in [5.74, 6) is -0.212. The van der Waals surface area contributed by atoms with Gasteiger partial charge in [0, 0.05) is 10.1 Å². The Kier molecular flexibility index (Phi) is 3.79. The number of fused-ring (bicyclic) bond motifs is 2. The van der Waals surface area contributed by atoms with Gasteiger partial charge in [-0.3, -0.25) is 10.1 Å². The second-order valence-electron chi connectivity index (χ2n) is 5.59. The first-order valence-corrected chi connectivity index (χ1v) is 9.41. The van der Waals surface area contributed by atoms with E-state index in [1.54, 1.807) is 0 Å². The average molecular weight is 373 g/mol. The van der Waals surface area contributed by atoms with Gasteiger partial charge in [-0.15, -0.1) is 11.3 Å². The number of aromatic nitrogens is 1. The molecule has 0 unspecified atom stereocenters. The quantitative estimate of drug-likeness (QED) is 0.466. The number of anilines is 1. The molecule has 2 heterocycles. The van der Waals surface area contributed by atoms with Gasteiger partial charge in [-0.1, -0.05) is 53.3 Å². The van der Waals surface area contributed by atoms with Crippen molar-refractivity contribution in [2.75, 3.05) is 5.32 Å². The van der Waals surface area contributed by atoms with Crippen LogP contribution in [-0.4, -0.2) is 10.9 Å². The monoisotopic (exact) mass is 372 g/mol. The minimum absolute atomic E-state index is 0.212. The lowest BCUT2D eigenvalue weighted by Gasteiger charge is -1.98. The Morgan fingerprint density at radius 3 is 2.58 bits per heavy atom. The van der Waals surface area contributed by atoms with Crippen LogP contribution >= 0.6 is 34.3 Å². The molecule has 0 fully saturated rings. The number of thiophene rings is 1. The maximum absolute atomic E-state index is 12.6. The maximum Gasteiger partial charge on any atom is 0.269 e. The molecule has 120 valence electrons. The fourth-order valence-electron chi connectivity index (χ4n) is 2.63. The number of hydrogen-bond donors (Lipinski definition) is 1. The molecule has 1 N–H and O–H groups in total. The van der Waals surface area contributed by atoms with Gasteiger partial charge in [-0.05, 0) is 31.0 Å². The highest BCUT2D eigenvalue weighted by molar-refractivity contribution is 7.23. The Balaban J connectivity index is 1.72. The van der Waals surface area contributed by atoms with Gasteiger partial charge in [0.15, 0.2) is 5.13 Å². The molecule has 0 aliphatic rings. The number of hydrogen-bond acceptors (Lipinski definition) is 4. The summed E-state index contributed by atoms with van der Waals surface area (Å²) in [4.78, 5) is 17.7. The lowest BCUT2D eigenvalue weighted by molar-refractivity contribution is 0.103. The highest BCUT2D eigenvalue weighted by atomic mass is 35.5. The van der Waals surface area contributed by atoms with Crippen molar-refractivity contribution < 1.29 is 4.79 Å². The van der Waals surface area contributed by atoms with Crippen LogP contribution < -0.4 is 5.32 Å². The fourth-order valence-corrected chi connectivity index (χ4v) is 5.05. The Labute approximate surface area is 151 Å². The summed E-state index contributed by atoms with van der Waals surface area (Å²) in [5, 5.41) is 4.91. The summed E-state index contributed by atoms with van der Waals surface area (Å²) in [5.41, 5.74) is 3.21. The van der Waals surface area contributed by atoms with E-state index >= 15 is 0 Å². The number of amides is 1. The number of halogens is 1. The largest absolute Gasteiger partial charge is 0.297 e. The van der Waals surface area contributed by atoms with E-state index in [1.807, 2.05) is 37.3 Å². The van der Waals surface area contributed by atoms with Crippen LogP contribution in [0.15, 0.2) is 36.4 Å². The van der Waals surface area contributed by atoms with Crippen molar-refractivity contribution in [3.05, 3.63) is 57.4 Å². The number of carbonyl (C=O) groups excluding carboxylic acids is 1. The molecule has 4 rings (SSSR count). The Morgan fingerprint density at radius 2 is 1.83 bits per heavy atom. The molecule has 6 heteroatoms. The zero-order valence-corrected chi connectivity index (χ0v) is 15.4. The van der Waals surface area contributed by atoms with Crippen molar-refractivity contribution in [1.82, 2.24) is 4.98 Å². The SMILES string of the molecule is Cc1ccc(C)c2sc(NC(=O)c3sc4ccccc4c3Cl)nc12. The lowest BCUT2D eigenvalue weighted by atomic mass is 10.1. The summed E-state index contributed by atoms with van der Waals surface area (Å²) < 4.78 is 2.11. The molecule has 3 nitrogen and oxygen atoms in total. The van der Waals surface area contributed by atoms with Crippen LogP contribution in [0, 0.1) is 13.8 Å². The molecular formula is C18H13ClN2OS2. The van der Waals surface area contributed by atoms with Gasteiger partial charge in [0.25, 0.3) is 5.91 Å². The van der Waals surface area contributed by atoms with Crippen molar-refractivity contribution >= 4 is 65.6 Å². The highest BCUT2D eigenvalue weighted by Crippen LogP contribution is 2.36. The number of benzene rings is 2. The van der Waals surface area contributed by atoms with E-state index in [4.69, 9.17) is 11.6 Å². The van der Waals surface area contributed by atoms with E-state index in [9.17, 15) is 4.79 Å². The van der Waals surface area contributed by atoms with E-state index in [2.05, 4.69) is 23.3 Å². The molecular weight excluding hydrogens is 360 g/mol. The zero-order valence-electron chi connectivity index (χ0n) is 13.0. The number of nitrogens with zero attached hydrogens (tertiary/aromatic N) is 1. The smallest absolute Gasteiger partial charge is 0.269 e. The maximum atomic E-state index is 12.6. The predicted octanol–water partition coefficient (Wildman–Crippen LogP) is 6.03. The number of nitrogens with one attached hydrogen (secondary N) is 1. The van der Waals surface area contributed by atoms with E-state index < -0.39 is 0 Å². The van der Waals surface area contributed by atoms with Crippen LogP contribution in [0.5, 0.6) is 0 Å². The predicted molar refractivity (Wildman–Crippen MR) is 104 cm³/mol. The van der Waals surface area contributed by atoms with Gasteiger partial charge in [0.2, 0.25) is 0 Å². The summed E-state index contributed by atoms with van der Waals surface area (Å²) in [6.07, 6.45) is 0. The normalized spacial score (nSPS) is 11.3. The second kappa shape index (κ2) is 5.84. The second-order valence-corrected chi connectivity index (χ2v) is 8.02. The molecule has 0 atom stereocenters. The molecule has 2 aromatic heterocycles. The van der Waals surface area contributed by atoms with Gasteiger partial charge in [0.1, 0.15) is 4.88 Å². The third-order valence-corrected chi connectivity index (χ3v) is 6.68.